The molecular weight excluding hydrogens is 278 g/mol. The highest BCUT2D eigenvalue weighted by Crippen LogP contribution is 2.17. The number of allylic oxidation sites excluding steroid dienone is 1. The zero-order chi connectivity index (χ0) is 16.1. The molecule has 2 N–H and O–H groups in total. The molecule has 5 nitrogen and oxygen atoms in total. The van der Waals surface area contributed by atoms with E-state index in [-0.39, 0.29) is 11.8 Å². The topological polar surface area (TPSA) is 64.7 Å². The summed E-state index contributed by atoms with van der Waals surface area (Å²) >= 11 is 0. The van der Waals surface area contributed by atoms with Gasteiger partial charge in [0.1, 0.15) is 6.54 Å². The van der Waals surface area contributed by atoms with Crippen molar-refractivity contribution in [2.45, 2.75) is 32.4 Å². The number of aliphatic hydroxyl groups excluding tert-OH is 1. The van der Waals surface area contributed by atoms with E-state index in [0.717, 1.165) is 16.8 Å². The van der Waals surface area contributed by atoms with Crippen molar-refractivity contribution in [3.8, 4) is 0 Å². The number of benzene rings is 1. The number of rotatable bonds is 7. The van der Waals surface area contributed by atoms with E-state index in [1.54, 1.807) is 4.70 Å². The van der Waals surface area contributed by atoms with Gasteiger partial charge in [-0.3, -0.25) is 4.79 Å². The van der Waals surface area contributed by atoms with Crippen LogP contribution in [0.15, 0.2) is 46.7 Å². The molecule has 1 aliphatic rings. The lowest BCUT2D eigenvalue weighted by atomic mass is 10.0. The van der Waals surface area contributed by atoms with E-state index in [1.807, 2.05) is 51.2 Å². The third kappa shape index (κ3) is 3.87. The summed E-state index contributed by atoms with van der Waals surface area (Å²) in [6, 6.07) is 9.43. The molecule has 1 aliphatic heterocycles. The van der Waals surface area contributed by atoms with E-state index in [4.69, 9.17) is 0 Å². The molecule has 2 unspecified atom stereocenters. The van der Waals surface area contributed by atoms with E-state index in [9.17, 15) is 9.90 Å². The molecule has 5 heteroatoms. The number of ketones is 1. The van der Waals surface area contributed by atoms with Crippen LogP contribution in [0.25, 0.3) is 0 Å². The van der Waals surface area contributed by atoms with Crippen molar-refractivity contribution in [2.24, 2.45) is 5.11 Å². The van der Waals surface area contributed by atoms with Crippen molar-refractivity contribution in [3.05, 3.63) is 47.2 Å². The fourth-order valence-corrected chi connectivity index (χ4v) is 2.50. The molecule has 0 aromatic heterocycles. The quantitative estimate of drug-likeness (QED) is 0.758. The Morgan fingerprint density at radius 3 is 2.68 bits per heavy atom. The second kappa shape index (κ2) is 7.42. The third-order valence-electron chi connectivity index (χ3n) is 4.13. The van der Waals surface area contributed by atoms with E-state index < -0.39 is 6.10 Å². The van der Waals surface area contributed by atoms with Crippen LogP contribution in [0.2, 0.25) is 0 Å². The minimum Gasteiger partial charge on any atom is -0.387 e. The Morgan fingerprint density at radius 2 is 2.09 bits per heavy atom. The lowest BCUT2D eigenvalue weighted by Gasteiger charge is -2.20. The van der Waals surface area contributed by atoms with Gasteiger partial charge in [-0.05, 0) is 17.6 Å². The molecule has 2 atom stereocenters. The van der Waals surface area contributed by atoms with Crippen LogP contribution in [0.5, 0.6) is 0 Å². The number of carbonyl (C=O) groups excluding carboxylic acids is 1. The molecule has 0 amide bonds. The Bertz CT molecular complexity index is 593. The normalized spacial score (nSPS) is 17.4. The Hall–Kier alpha value is -1.85. The second-order valence-corrected chi connectivity index (χ2v) is 5.66. The van der Waals surface area contributed by atoms with Crippen LogP contribution in [0.1, 0.15) is 31.9 Å². The van der Waals surface area contributed by atoms with E-state index >= 15 is 0 Å². The molecule has 1 aromatic rings. The zero-order valence-electron chi connectivity index (χ0n) is 13.4. The summed E-state index contributed by atoms with van der Waals surface area (Å²) in [7, 11) is 1.85. The Labute approximate surface area is 131 Å². The largest absolute Gasteiger partial charge is 0.387 e. The summed E-state index contributed by atoms with van der Waals surface area (Å²) in [5.41, 5.74) is 2.60. The molecule has 1 heterocycles. The monoisotopic (exact) mass is 302 g/mol. The molecule has 118 valence electrons. The predicted molar refractivity (Wildman–Crippen MR) is 84.7 cm³/mol. The van der Waals surface area contributed by atoms with Crippen LogP contribution in [-0.4, -0.2) is 41.8 Å². The van der Waals surface area contributed by atoms with Gasteiger partial charge in [0, 0.05) is 25.9 Å². The zero-order valence-corrected chi connectivity index (χ0v) is 13.4. The Morgan fingerprint density at radius 1 is 1.41 bits per heavy atom. The predicted octanol–water partition coefficient (Wildman–Crippen LogP) is 2.04. The summed E-state index contributed by atoms with van der Waals surface area (Å²) < 4.78 is 1.75. The van der Waals surface area contributed by atoms with Crippen LogP contribution < -0.4 is 5.32 Å². The number of nitrogens with zero attached hydrogens (tertiary/aromatic N) is 2. The maximum Gasteiger partial charge on any atom is 0.213 e. The van der Waals surface area contributed by atoms with Crippen molar-refractivity contribution >= 4 is 5.78 Å². The van der Waals surface area contributed by atoms with Crippen LogP contribution in [0.3, 0.4) is 0 Å². The molecule has 0 saturated heterocycles. The first-order valence-electron chi connectivity index (χ1n) is 7.61. The number of Topliss-reactive ketones (excluding diaryl/α,β-unsaturated/α-hetero) is 1. The van der Waals surface area contributed by atoms with Gasteiger partial charge in [-0.2, -0.15) is 0 Å². The number of azo groups is 2. The van der Waals surface area contributed by atoms with Crippen molar-refractivity contribution in [2.75, 3.05) is 20.1 Å². The average molecular weight is 302 g/mol. The number of hydrogen-bond donors (Lipinski definition) is 2. The first-order chi connectivity index (χ1) is 10.5. The lowest BCUT2D eigenvalue weighted by Crippen LogP contribution is -2.34. The standard InChI is InChI=1S/C17H24N3O2/c1-12(17(22)14-7-5-4-6-8-14)18-10-9-16(21)15-11-19-20(3)13(15)2/h4-8,12,17-18,22H,9-11H2,1-3H3/q+1. The van der Waals surface area contributed by atoms with Gasteiger partial charge in [0.15, 0.2) is 12.8 Å². The number of aliphatic hydroxyl groups is 1. The van der Waals surface area contributed by atoms with Gasteiger partial charge >= 0.3 is 0 Å². The SMILES string of the molecule is CC1=C(C(=O)CCNC(C)C(O)c2ccccc2)CN=[N+]1C. The first kappa shape index (κ1) is 16.5. The molecule has 0 radical (unpaired) electrons. The van der Waals surface area contributed by atoms with Gasteiger partial charge in [0.25, 0.3) is 0 Å². The molecule has 0 fully saturated rings. The van der Waals surface area contributed by atoms with Crippen molar-refractivity contribution in [3.63, 3.8) is 0 Å². The minimum atomic E-state index is -0.579. The maximum atomic E-state index is 12.2. The molecular formula is C17H24N3O2+. The van der Waals surface area contributed by atoms with Crippen LogP contribution in [0, 0.1) is 0 Å². The van der Waals surface area contributed by atoms with E-state index in [1.165, 1.54) is 0 Å². The van der Waals surface area contributed by atoms with Crippen LogP contribution in [0.4, 0.5) is 0 Å². The van der Waals surface area contributed by atoms with Gasteiger partial charge in [-0.25, -0.2) is 0 Å². The summed E-state index contributed by atoms with van der Waals surface area (Å²) in [6.07, 6.45) is -0.160. The van der Waals surface area contributed by atoms with Crippen LogP contribution in [-0.2, 0) is 4.79 Å². The van der Waals surface area contributed by atoms with Gasteiger partial charge in [0.05, 0.1) is 11.7 Å². The fraction of sp³-hybridized carbons (Fsp3) is 0.471. The van der Waals surface area contributed by atoms with Gasteiger partial charge in [0.2, 0.25) is 5.70 Å². The molecule has 0 saturated carbocycles. The highest BCUT2D eigenvalue weighted by atomic mass is 16.3. The number of nitrogens with one attached hydrogen (secondary N) is 1. The molecule has 0 bridgehead atoms. The second-order valence-electron chi connectivity index (χ2n) is 5.66. The first-order valence-corrected chi connectivity index (χ1v) is 7.61. The van der Waals surface area contributed by atoms with Crippen molar-refractivity contribution in [1.82, 2.24) is 5.32 Å². The number of carbonyl (C=O) groups is 1. The van der Waals surface area contributed by atoms with Crippen molar-refractivity contribution in [1.29, 1.82) is 0 Å². The molecule has 0 spiro atoms. The molecule has 0 aliphatic carbocycles. The molecule has 1 aromatic carbocycles. The minimum absolute atomic E-state index is 0.110. The Balaban J connectivity index is 1.80. The van der Waals surface area contributed by atoms with Crippen LogP contribution >= 0.6 is 0 Å². The Kier molecular flexibility index (Phi) is 5.57. The molecule has 2 rings (SSSR count). The summed E-state index contributed by atoms with van der Waals surface area (Å²) in [5.74, 6) is 0.125. The smallest absolute Gasteiger partial charge is 0.213 e. The van der Waals surface area contributed by atoms with E-state index in [2.05, 4.69) is 10.4 Å². The highest BCUT2D eigenvalue weighted by molar-refractivity contribution is 5.96. The van der Waals surface area contributed by atoms with Gasteiger partial charge in [-0.15, -0.1) is 0 Å². The number of hydrogen-bond acceptors (Lipinski definition) is 4. The fourth-order valence-electron chi connectivity index (χ4n) is 2.50. The lowest BCUT2D eigenvalue weighted by molar-refractivity contribution is -0.510. The summed E-state index contributed by atoms with van der Waals surface area (Å²) in [4.78, 5) is 12.2. The van der Waals surface area contributed by atoms with Gasteiger partial charge in [-0.1, -0.05) is 35.0 Å². The maximum absolute atomic E-state index is 12.2. The van der Waals surface area contributed by atoms with Crippen molar-refractivity contribution < 1.29 is 14.6 Å². The summed E-state index contributed by atoms with van der Waals surface area (Å²) in [6.45, 7) is 4.86. The highest BCUT2D eigenvalue weighted by Gasteiger charge is 2.25. The van der Waals surface area contributed by atoms with E-state index in [0.29, 0.717) is 19.5 Å². The van der Waals surface area contributed by atoms with Gasteiger partial charge < -0.3 is 10.4 Å². The summed E-state index contributed by atoms with van der Waals surface area (Å²) in [5, 5.41) is 17.7. The third-order valence-corrected chi connectivity index (χ3v) is 4.13. The molecule has 22 heavy (non-hydrogen) atoms. The average Bonchev–Trinajstić information content (AvgIpc) is 2.87.